The van der Waals surface area contributed by atoms with Gasteiger partial charge in [0.25, 0.3) is 0 Å². The number of allylic oxidation sites excluding steroid dienone is 2. The lowest BCUT2D eigenvalue weighted by atomic mass is 9.82. The van der Waals surface area contributed by atoms with Gasteiger partial charge in [-0.15, -0.1) is 11.8 Å². The highest BCUT2D eigenvalue weighted by molar-refractivity contribution is 6.02. The molecule has 0 aliphatic carbocycles. The highest BCUT2D eigenvalue weighted by Gasteiger charge is 2.53. The van der Waals surface area contributed by atoms with Gasteiger partial charge in [-0.3, -0.25) is 9.59 Å². The Kier molecular flexibility index (Phi) is 3.73. The van der Waals surface area contributed by atoms with E-state index in [1.807, 2.05) is 0 Å². The third-order valence-corrected chi connectivity index (χ3v) is 2.56. The van der Waals surface area contributed by atoms with E-state index in [1.165, 1.54) is 7.11 Å². The van der Waals surface area contributed by atoms with Gasteiger partial charge in [0, 0.05) is 12.8 Å². The molecule has 0 saturated carbocycles. The normalized spacial score (nSPS) is 25.9. The first-order valence-electron chi connectivity index (χ1n) is 4.96. The van der Waals surface area contributed by atoms with Crippen LogP contribution in [0.5, 0.6) is 0 Å². The molecule has 4 heteroatoms. The van der Waals surface area contributed by atoms with Crippen molar-refractivity contribution in [3.63, 3.8) is 0 Å². The minimum atomic E-state index is -1.28. The molecule has 86 valence electrons. The predicted octanol–water partition coefficient (Wildman–Crippen LogP) is 1.41. The minimum absolute atomic E-state index is 0.131. The van der Waals surface area contributed by atoms with E-state index in [4.69, 9.17) is 4.74 Å². The van der Waals surface area contributed by atoms with Crippen molar-refractivity contribution < 1.29 is 19.1 Å². The molecule has 0 aromatic heterocycles. The fourth-order valence-corrected chi connectivity index (χ4v) is 1.58. The van der Waals surface area contributed by atoms with Gasteiger partial charge in [-0.1, -0.05) is 0 Å². The maximum atomic E-state index is 11.7. The number of carbonyl (C=O) groups is 2. The summed E-state index contributed by atoms with van der Waals surface area (Å²) in [5.41, 5.74) is -1.28. The van der Waals surface area contributed by atoms with Gasteiger partial charge >= 0.3 is 11.9 Å². The molecule has 0 spiro atoms. The van der Waals surface area contributed by atoms with Gasteiger partial charge in [0.15, 0.2) is 5.41 Å². The van der Waals surface area contributed by atoms with Gasteiger partial charge in [0.1, 0.15) is 5.76 Å². The summed E-state index contributed by atoms with van der Waals surface area (Å²) in [6.45, 7) is 3.41. The van der Waals surface area contributed by atoms with Gasteiger partial charge in [-0.2, -0.15) is 0 Å². The van der Waals surface area contributed by atoms with Crippen LogP contribution in [0.4, 0.5) is 0 Å². The molecule has 1 saturated heterocycles. The van der Waals surface area contributed by atoms with Crippen molar-refractivity contribution in [2.24, 2.45) is 5.41 Å². The molecule has 0 bridgehead atoms. The molecule has 16 heavy (non-hydrogen) atoms. The van der Waals surface area contributed by atoms with Gasteiger partial charge < -0.3 is 9.47 Å². The summed E-state index contributed by atoms with van der Waals surface area (Å²) < 4.78 is 9.66. The summed E-state index contributed by atoms with van der Waals surface area (Å²) in [4.78, 5) is 23.4. The molecule has 0 radical (unpaired) electrons. The third kappa shape index (κ3) is 1.94. The van der Waals surface area contributed by atoms with Crippen molar-refractivity contribution >= 4 is 11.9 Å². The van der Waals surface area contributed by atoms with E-state index < -0.39 is 17.4 Å². The Morgan fingerprint density at radius 3 is 2.81 bits per heavy atom. The molecule has 0 N–H and O–H groups in total. The van der Waals surface area contributed by atoms with Crippen LogP contribution in [0, 0.1) is 17.3 Å². The first kappa shape index (κ1) is 12.3. The Labute approximate surface area is 94.6 Å². The molecule has 1 aliphatic rings. The quantitative estimate of drug-likeness (QED) is 0.402. The first-order chi connectivity index (χ1) is 7.60. The van der Waals surface area contributed by atoms with Crippen molar-refractivity contribution in [1.29, 1.82) is 0 Å². The lowest BCUT2D eigenvalue weighted by Gasteiger charge is -2.17. The molecule has 1 fully saturated rings. The summed E-state index contributed by atoms with van der Waals surface area (Å²) in [5.74, 6) is 4.74. The molecule has 1 aliphatic heterocycles. The zero-order valence-corrected chi connectivity index (χ0v) is 9.62. The van der Waals surface area contributed by atoms with Crippen LogP contribution in [0.15, 0.2) is 11.8 Å². The standard InChI is InChI=1S/C12H14O4/c1-4-6-7-12(10(13)15-3)8-9(5-2)16-11(12)14/h5H,7-8H2,1-3H3/b9-5+. The fourth-order valence-electron chi connectivity index (χ4n) is 1.58. The van der Waals surface area contributed by atoms with Crippen LogP contribution in [-0.2, 0) is 19.1 Å². The minimum Gasteiger partial charge on any atom is -0.468 e. The van der Waals surface area contributed by atoms with Crippen molar-refractivity contribution in [1.82, 2.24) is 0 Å². The number of hydrogen-bond donors (Lipinski definition) is 0. The molecule has 0 aromatic rings. The average Bonchev–Trinajstić information content (AvgIpc) is 2.63. The number of esters is 2. The highest BCUT2D eigenvalue weighted by atomic mass is 16.6. The topological polar surface area (TPSA) is 52.6 Å². The van der Waals surface area contributed by atoms with E-state index in [0.29, 0.717) is 5.76 Å². The Hall–Kier alpha value is -1.76. The van der Waals surface area contributed by atoms with Crippen molar-refractivity contribution in [2.45, 2.75) is 26.7 Å². The molecule has 1 heterocycles. The van der Waals surface area contributed by atoms with E-state index in [9.17, 15) is 9.59 Å². The van der Waals surface area contributed by atoms with Gasteiger partial charge in [-0.25, -0.2) is 0 Å². The van der Waals surface area contributed by atoms with E-state index in [-0.39, 0.29) is 12.8 Å². The second-order valence-electron chi connectivity index (χ2n) is 3.50. The summed E-state index contributed by atoms with van der Waals surface area (Å²) >= 11 is 0. The van der Waals surface area contributed by atoms with Gasteiger partial charge in [-0.05, 0) is 19.9 Å². The number of methoxy groups -OCH3 is 1. The van der Waals surface area contributed by atoms with Crippen LogP contribution >= 0.6 is 0 Å². The third-order valence-electron chi connectivity index (χ3n) is 2.56. The summed E-state index contributed by atoms with van der Waals surface area (Å²) in [6.07, 6.45) is 2.03. The molecular weight excluding hydrogens is 208 g/mol. The summed E-state index contributed by atoms with van der Waals surface area (Å²) in [5, 5.41) is 0. The Morgan fingerprint density at radius 2 is 2.38 bits per heavy atom. The summed E-state index contributed by atoms with van der Waals surface area (Å²) in [6, 6.07) is 0. The zero-order chi connectivity index (χ0) is 12.2. The zero-order valence-electron chi connectivity index (χ0n) is 9.62. The van der Waals surface area contributed by atoms with Gasteiger partial charge in [0.2, 0.25) is 0 Å². The predicted molar refractivity (Wildman–Crippen MR) is 57.0 cm³/mol. The highest BCUT2D eigenvalue weighted by Crippen LogP contribution is 2.40. The maximum Gasteiger partial charge on any atom is 0.330 e. The lowest BCUT2D eigenvalue weighted by molar-refractivity contribution is -0.162. The van der Waals surface area contributed by atoms with E-state index in [2.05, 4.69) is 16.6 Å². The fraction of sp³-hybridized carbons (Fsp3) is 0.500. The second kappa shape index (κ2) is 4.84. The molecule has 4 nitrogen and oxygen atoms in total. The molecule has 0 amide bonds. The number of carbonyl (C=O) groups excluding carboxylic acids is 2. The lowest BCUT2D eigenvalue weighted by Crippen LogP contribution is -2.36. The number of hydrogen-bond acceptors (Lipinski definition) is 4. The first-order valence-corrected chi connectivity index (χ1v) is 4.96. The second-order valence-corrected chi connectivity index (χ2v) is 3.50. The van der Waals surface area contributed by atoms with Gasteiger partial charge in [0.05, 0.1) is 7.11 Å². The molecule has 1 rings (SSSR count). The average molecular weight is 222 g/mol. The number of cyclic esters (lactones) is 1. The molecule has 1 atom stereocenters. The van der Waals surface area contributed by atoms with Crippen LogP contribution in [0.3, 0.4) is 0 Å². The maximum absolute atomic E-state index is 11.7. The monoisotopic (exact) mass is 222 g/mol. The van der Waals surface area contributed by atoms with E-state index in [0.717, 1.165) is 0 Å². The number of rotatable bonds is 2. The largest absolute Gasteiger partial charge is 0.468 e. The van der Waals surface area contributed by atoms with Crippen LogP contribution in [-0.4, -0.2) is 19.0 Å². The SMILES string of the molecule is CC#CCC1(C(=O)OC)C/C(=C\C)OC1=O. The van der Waals surface area contributed by atoms with Crippen molar-refractivity contribution in [2.75, 3.05) is 7.11 Å². The molecular formula is C12H14O4. The molecule has 1 unspecified atom stereocenters. The number of ether oxygens (including phenoxy) is 2. The molecule has 0 aromatic carbocycles. The van der Waals surface area contributed by atoms with E-state index >= 15 is 0 Å². The van der Waals surface area contributed by atoms with Crippen molar-refractivity contribution in [3.8, 4) is 11.8 Å². The Balaban J connectivity index is 3.08. The van der Waals surface area contributed by atoms with Crippen LogP contribution in [0.25, 0.3) is 0 Å². The van der Waals surface area contributed by atoms with E-state index in [1.54, 1.807) is 19.9 Å². The Morgan fingerprint density at radius 1 is 1.69 bits per heavy atom. The van der Waals surface area contributed by atoms with Crippen LogP contribution < -0.4 is 0 Å². The summed E-state index contributed by atoms with van der Waals surface area (Å²) in [7, 11) is 1.25. The van der Waals surface area contributed by atoms with Crippen LogP contribution in [0.2, 0.25) is 0 Å². The van der Waals surface area contributed by atoms with Crippen molar-refractivity contribution in [3.05, 3.63) is 11.8 Å². The Bertz CT molecular complexity index is 397. The van der Waals surface area contributed by atoms with Crippen LogP contribution in [0.1, 0.15) is 26.7 Å². The smallest absolute Gasteiger partial charge is 0.330 e.